The molecule has 1 aliphatic carbocycles. The number of nitrogens with zero attached hydrogens (tertiary/aromatic N) is 1. The van der Waals surface area contributed by atoms with Gasteiger partial charge in [-0.25, -0.2) is 0 Å². The highest BCUT2D eigenvalue weighted by molar-refractivity contribution is 5.81. The number of hydrogen-bond donors (Lipinski definition) is 2. The molecule has 20 heavy (non-hydrogen) atoms. The molecule has 2 aliphatic rings. The quantitative estimate of drug-likeness (QED) is 0.783. The SMILES string of the molecule is CNC(=O)C1CCN(C(=O)C2CC(C)CC(N)C2)CC1. The molecule has 1 saturated heterocycles. The van der Waals surface area contributed by atoms with Crippen molar-refractivity contribution in [3.8, 4) is 0 Å². The number of carbonyl (C=O) groups is 2. The van der Waals surface area contributed by atoms with Crippen LogP contribution in [0.4, 0.5) is 0 Å². The van der Waals surface area contributed by atoms with Gasteiger partial charge in [-0.3, -0.25) is 9.59 Å². The van der Waals surface area contributed by atoms with E-state index in [0.717, 1.165) is 32.1 Å². The normalized spacial score (nSPS) is 31.9. The molecule has 1 aliphatic heterocycles. The molecule has 5 nitrogen and oxygen atoms in total. The lowest BCUT2D eigenvalue weighted by Gasteiger charge is -2.37. The van der Waals surface area contributed by atoms with Crippen molar-refractivity contribution in [1.29, 1.82) is 0 Å². The molecule has 0 spiro atoms. The zero-order chi connectivity index (χ0) is 14.7. The topological polar surface area (TPSA) is 75.4 Å². The second kappa shape index (κ2) is 6.57. The summed E-state index contributed by atoms with van der Waals surface area (Å²) in [5.41, 5.74) is 6.04. The van der Waals surface area contributed by atoms with Gasteiger partial charge in [0, 0.05) is 38.0 Å². The Morgan fingerprint density at radius 3 is 2.30 bits per heavy atom. The van der Waals surface area contributed by atoms with Gasteiger partial charge in [-0.2, -0.15) is 0 Å². The molecule has 0 aromatic rings. The molecule has 114 valence electrons. The standard InChI is InChI=1S/C15H27N3O2/c1-10-7-12(9-13(16)8-10)15(20)18-5-3-11(4-6-18)14(19)17-2/h10-13H,3-9,16H2,1-2H3,(H,17,19). The van der Waals surface area contributed by atoms with E-state index in [4.69, 9.17) is 5.73 Å². The number of amides is 2. The highest BCUT2D eigenvalue weighted by Gasteiger charge is 2.34. The number of piperidine rings is 1. The van der Waals surface area contributed by atoms with Crippen LogP contribution in [0.25, 0.3) is 0 Å². The van der Waals surface area contributed by atoms with E-state index in [-0.39, 0.29) is 29.7 Å². The summed E-state index contributed by atoms with van der Waals surface area (Å²) in [6.07, 6.45) is 4.36. The number of nitrogens with two attached hydrogens (primary N) is 1. The number of nitrogens with one attached hydrogen (secondary N) is 1. The lowest BCUT2D eigenvalue weighted by Crippen LogP contribution is -2.47. The Bertz CT molecular complexity index is 354. The molecular formula is C15H27N3O2. The number of rotatable bonds is 2. The van der Waals surface area contributed by atoms with Gasteiger partial charge < -0.3 is 16.0 Å². The summed E-state index contributed by atoms with van der Waals surface area (Å²) in [5.74, 6) is 1.05. The zero-order valence-electron chi connectivity index (χ0n) is 12.6. The Morgan fingerprint density at radius 2 is 1.75 bits per heavy atom. The predicted octanol–water partition coefficient (Wildman–Crippen LogP) is 0.735. The lowest BCUT2D eigenvalue weighted by molar-refractivity contribution is -0.140. The van der Waals surface area contributed by atoms with Crippen molar-refractivity contribution in [2.45, 2.75) is 45.1 Å². The summed E-state index contributed by atoms with van der Waals surface area (Å²) in [4.78, 5) is 26.1. The van der Waals surface area contributed by atoms with Gasteiger partial charge >= 0.3 is 0 Å². The molecule has 1 saturated carbocycles. The minimum absolute atomic E-state index is 0.0663. The maximum atomic E-state index is 12.6. The summed E-state index contributed by atoms with van der Waals surface area (Å²) in [5, 5.41) is 2.69. The first-order valence-electron chi connectivity index (χ1n) is 7.77. The van der Waals surface area contributed by atoms with Gasteiger partial charge in [0.1, 0.15) is 0 Å². The number of likely N-dealkylation sites (tertiary alicyclic amines) is 1. The van der Waals surface area contributed by atoms with Gasteiger partial charge in [-0.15, -0.1) is 0 Å². The third kappa shape index (κ3) is 3.51. The van der Waals surface area contributed by atoms with Crippen LogP contribution < -0.4 is 11.1 Å². The van der Waals surface area contributed by atoms with Crippen LogP contribution in [0.15, 0.2) is 0 Å². The fourth-order valence-electron chi connectivity index (χ4n) is 3.68. The van der Waals surface area contributed by atoms with Crippen LogP contribution >= 0.6 is 0 Å². The summed E-state index contributed by atoms with van der Waals surface area (Å²) in [6.45, 7) is 3.59. The second-order valence-corrected chi connectivity index (χ2v) is 6.48. The van der Waals surface area contributed by atoms with E-state index in [2.05, 4.69) is 12.2 Å². The Hall–Kier alpha value is -1.10. The summed E-state index contributed by atoms with van der Waals surface area (Å²) >= 11 is 0. The molecule has 2 fully saturated rings. The average molecular weight is 281 g/mol. The number of carbonyl (C=O) groups excluding carboxylic acids is 2. The number of hydrogen-bond acceptors (Lipinski definition) is 3. The van der Waals surface area contributed by atoms with Crippen LogP contribution in [0.1, 0.15) is 39.0 Å². The monoisotopic (exact) mass is 281 g/mol. The molecular weight excluding hydrogens is 254 g/mol. The van der Waals surface area contributed by atoms with Crippen LogP contribution in [-0.2, 0) is 9.59 Å². The Labute approximate surface area is 121 Å². The third-order valence-electron chi connectivity index (χ3n) is 4.75. The van der Waals surface area contributed by atoms with Crippen molar-refractivity contribution in [1.82, 2.24) is 10.2 Å². The van der Waals surface area contributed by atoms with E-state index >= 15 is 0 Å². The van der Waals surface area contributed by atoms with Crippen molar-refractivity contribution >= 4 is 11.8 Å². The summed E-state index contributed by atoms with van der Waals surface area (Å²) < 4.78 is 0. The van der Waals surface area contributed by atoms with E-state index in [1.165, 1.54) is 0 Å². The van der Waals surface area contributed by atoms with E-state index in [0.29, 0.717) is 19.0 Å². The largest absolute Gasteiger partial charge is 0.359 e. The highest BCUT2D eigenvalue weighted by Crippen LogP contribution is 2.30. The Kier molecular flexibility index (Phi) is 5.02. The van der Waals surface area contributed by atoms with Crippen molar-refractivity contribution < 1.29 is 9.59 Å². The predicted molar refractivity (Wildman–Crippen MR) is 77.9 cm³/mol. The highest BCUT2D eigenvalue weighted by atomic mass is 16.2. The lowest BCUT2D eigenvalue weighted by atomic mass is 9.79. The van der Waals surface area contributed by atoms with E-state index in [9.17, 15) is 9.59 Å². The van der Waals surface area contributed by atoms with Crippen LogP contribution in [0.5, 0.6) is 0 Å². The van der Waals surface area contributed by atoms with E-state index < -0.39 is 0 Å². The van der Waals surface area contributed by atoms with Crippen LogP contribution in [0.2, 0.25) is 0 Å². The Balaban J connectivity index is 1.87. The first-order valence-corrected chi connectivity index (χ1v) is 7.77. The van der Waals surface area contributed by atoms with Crippen molar-refractivity contribution in [2.24, 2.45) is 23.5 Å². The van der Waals surface area contributed by atoms with Gasteiger partial charge in [0.25, 0.3) is 0 Å². The molecule has 3 atom stereocenters. The molecule has 0 aromatic carbocycles. The fraction of sp³-hybridized carbons (Fsp3) is 0.867. The molecule has 3 unspecified atom stereocenters. The van der Waals surface area contributed by atoms with Crippen molar-refractivity contribution in [3.63, 3.8) is 0 Å². The average Bonchev–Trinajstić information content (AvgIpc) is 2.45. The molecule has 3 N–H and O–H groups in total. The first kappa shape index (κ1) is 15.3. The second-order valence-electron chi connectivity index (χ2n) is 6.48. The minimum Gasteiger partial charge on any atom is -0.359 e. The molecule has 5 heteroatoms. The molecule has 1 heterocycles. The van der Waals surface area contributed by atoms with Gasteiger partial charge in [-0.1, -0.05) is 6.92 Å². The van der Waals surface area contributed by atoms with Gasteiger partial charge in [0.05, 0.1) is 0 Å². The first-order chi connectivity index (χ1) is 9.51. The molecule has 2 amide bonds. The van der Waals surface area contributed by atoms with Crippen molar-refractivity contribution in [3.05, 3.63) is 0 Å². The smallest absolute Gasteiger partial charge is 0.225 e. The van der Waals surface area contributed by atoms with E-state index in [1.807, 2.05) is 4.90 Å². The van der Waals surface area contributed by atoms with Gasteiger partial charge in [0.15, 0.2) is 0 Å². The van der Waals surface area contributed by atoms with Gasteiger partial charge in [0.2, 0.25) is 11.8 Å². The maximum Gasteiger partial charge on any atom is 0.225 e. The van der Waals surface area contributed by atoms with E-state index in [1.54, 1.807) is 7.05 Å². The molecule has 2 rings (SSSR count). The third-order valence-corrected chi connectivity index (χ3v) is 4.75. The Morgan fingerprint density at radius 1 is 1.10 bits per heavy atom. The zero-order valence-corrected chi connectivity index (χ0v) is 12.6. The summed E-state index contributed by atoms with van der Waals surface area (Å²) in [7, 11) is 1.67. The summed E-state index contributed by atoms with van der Waals surface area (Å²) in [6, 6.07) is 0.163. The van der Waals surface area contributed by atoms with Crippen LogP contribution in [-0.4, -0.2) is 42.9 Å². The maximum absolute atomic E-state index is 12.6. The van der Waals surface area contributed by atoms with Crippen LogP contribution in [0.3, 0.4) is 0 Å². The molecule has 0 radical (unpaired) electrons. The van der Waals surface area contributed by atoms with Crippen molar-refractivity contribution in [2.75, 3.05) is 20.1 Å². The van der Waals surface area contributed by atoms with Gasteiger partial charge in [-0.05, 0) is 38.0 Å². The fourth-order valence-corrected chi connectivity index (χ4v) is 3.68. The molecule has 0 bridgehead atoms. The molecule has 0 aromatic heterocycles. The van der Waals surface area contributed by atoms with Crippen LogP contribution in [0, 0.1) is 17.8 Å². The minimum atomic E-state index is 0.0663.